The van der Waals surface area contributed by atoms with Crippen molar-refractivity contribution in [3.05, 3.63) is 22.7 Å². The van der Waals surface area contributed by atoms with E-state index in [0.29, 0.717) is 36.9 Å². The fourth-order valence-corrected chi connectivity index (χ4v) is 3.40. The first-order valence-electron chi connectivity index (χ1n) is 9.70. The molecule has 0 aromatic heterocycles. The number of ether oxygens (including phenoxy) is 3. The van der Waals surface area contributed by atoms with Gasteiger partial charge in [-0.1, -0.05) is 25.4 Å². The summed E-state index contributed by atoms with van der Waals surface area (Å²) in [4.78, 5) is 24.5. The van der Waals surface area contributed by atoms with Crippen molar-refractivity contribution < 1.29 is 23.8 Å². The van der Waals surface area contributed by atoms with Crippen LogP contribution in [0.4, 0.5) is 0 Å². The molecule has 0 saturated heterocycles. The minimum absolute atomic E-state index is 0.145. The third kappa shape index (κ3) is 6.26. The average molecular weight is 423 g/mol. The zero-order valence-electron chi connectivity index (χ0n) is 17.0. The molecule has 29 heavy (non-hydrogen) atoms. The lowest BCUT2D eigenvalue weighted by Gasteiger charge is -2.21. The van der Waals surface area contributed by atoms with Crippen LogP contribution in [0.15, 0.2) is 12.1 Å². The number of benzene rings is 1. The van der Waals surface area contributed by atoms with Crippen molar-refractivity contribution in [3.63, 3.8) is 0 Å². The van der Waals surface area contributed by atoms with Crippen molar-refractivity contribution in [3.8, 4) is 17.6 Å². The SMILES string of the molecule is COc1cc(C(=O)OCC(=O)NC2(C#N)CCCC2)cc(Cl)c1OCCC(C)C. The molecule has 1 aromatic rings. The van der Waals surface area contributed by atoms with Crippen LogP contribution < -0.4 is 14.8 Å². The molecule has 1 aromatic carbocycles. The Morgan fingerprint density at radius 3 is 2.59 bits per heavy atom. The second kappa shape index (κ2) is 10.4. The summed E-state index contributed by atoms with van der Waals surface area (Å²) in [5.41, 5.74) is -0.711. The van der Waals surface area contributed by atoms with E-state index < -0.39 is 24.0 Å². The van der Waals surface area contributed by atoms with Crippen LogP contribution in [-0.2, 0) is 9.53 Å². The lowest BCUT2D eigenvalue weighted by molar-refractivity contribution is -0.125. The van der Waals surface area contributed by atoms with Gasteiger partial charge in [0.15, 0.2) is 18.1 Å². The number of hydrogen-bond acceptors (Lipinski definition) is 6. The molecule has 158 valence electrons. The van der Waals surface area contributed by atoms with E-state index in [9.17, 15) is 14.9 Å². The van der Waals surface area contributed by atoms with Crippen LogP contribution in [0.2, 0.25) is 5.02 Å². The smallest absolute Gasteiger partial charge is 0.338 e. The number of carbonyl (C=O) groups is 2. The molecule has 0 radical (unpaired) electrons. The Labute approximate surface area is 176 Å². The van der Waals surface area contributed by atoms with Gasteiger partial charge in [0, 0.05) is 0 Å². The molecule has 0 aliphatic heterocycles. The van der Waals surface area contributed by atoms with Crippen LogP contribution in [0.5, 0.6) is 11.5 Å². The molecule has 1 amide bonds. The van der Waals surface area contributed by atoms with E-state index in [0.717, 1.165) is 19.3 Å². The number of carbonyl (C=O) groups excluding carboxylic acids is 2. The maximum absolute atomic E-state index is 12.3. The quantitative estimate of drug-likeness (QED) is 0.606. The first kappa shape index (κ1) is 22.8. The molecule has 1 aliphatic carbocycles. The molecule has 0 unspecified atom stereocenters. The highest BCUT2D eigenvalue weighted by molar-refractivity contribution is 6.32. The number of amides is 1. The number of nitrogens with zero attached hydrogens (tertiary/aromatic N) is 1. The summed E-state index contributed by atoms with van der Waals surface area (Å²) in [5.74, 6) is -0.0714. The third-order valence-corrected chi connectivity index (χ3v) is 5.07. The standard InChI is InChI=1S/C21H27ClN2O5/c1-14(2)6-9-28-19-16(22)10-15(11-17(19)27-3)20(26)29-12-18(25)24-21(13-23)7-4-5-8-21/h10-11,14H,4-9,12H2,1-3H3,(H,24,25). The van der Waals surface area contributed by atoms with Crippen LogP contribution >= 0.6 is 11.6 Å². The monoisotopic (exact) mass is 422 g/mol. The first-order valence-corrected chi connectivity index (χ1v) is 10.1. The van der Waals surface area contributed by atoms with Crippen molar-refractivity contribution in [2.24, 2.45) is 5.92 Å². The van der Waals surface area contributed by atoms with E-state index in [4.69, 9.17) is 25.8 Å². The lowest BCUT2D eigenvalue weighted by Crippen LogP contribution is -2.46. The van der Waals surface area contributed by atoms with Gasteiger partial charge < -0.3 is 19.5 Å². The highest BCUT2D eigenvalue weighted by Crippen LogP contribution is 2.37. The molecule has 1 aliphatic rings. The summed E-state index contributed by atoms with van der Waals surface area (Å²) in [6.07, 6.45) is 3.83. The Kier molecular flexibility index (Phi) is 8.15. The topological polar surface area (TPSA) is 97.6 Å². The summed E-state index contributed by atoms with van der Waals surface area (Å²) in [6, 6.07) is 5.04. The Balaban J connectivity index is 1.98. The summed E-state index contributed by atoms with van der Waals surface area (Å²) in [5, 5.41) is 12.2. The molecular weight excluding hydrogens is 396 g/mol. The van der Waals surface area contributed by atoms with Crippen LogP contribution in [0, 0.1) is 17.2 Å². The van der Waals surface area contributed by atoms with Gasteiger partial charge >= 0.3 is 5.97 Å². The van der Waals surface area contributed by atoms with Crippen molar-refractivity contribution in [1.82, 2.24) is 5.32 Å². The highest BCUT2D eigenvalue weighted by atomic mass is 35.5. The zero-order chi connectivity index (χ0) is 21.4. The van der Waals surface area contributed by atoms with Gasteiger partial charge in [-0.15, -0.1) is 0 Å². The second-order valence-electron chi connectivity index (χ2n) is 7.55. The Hall–Kier alpha value is -2.46. The summed E-state index contributed by atoms with van der Waals surface area (Å²) in [7, 11) is 1.45. The van der Waals surface area contributed by atoms with Gasteiger partial charge in [0.2, 0.25) is 0 Å². The van der Waals surface area contributed by atoms with E-state index >= 15 is 0 Å². The highest BCUT2D eigenvalue weighted by Gasteiger charge is 2.35. The number of halogens is 1. The average Bonchev–Trinajstić information content (AvgIpc) is 3.15. The predicted molar refractivity (Wildman–Crippen MR) is 108 cm³/mol. The first-order chi connectivity index (χ1) is 13.8. The second-order valence-corrected chi connectivity index (χ2v) is 7.95. The molecule has 1 fully saturated rings. The van der Waals surface area contributed by atoms with Crippen LogP contribution in [-0.4, -0.2) is 37.7 Å². The Morgan fingerprint density at radius 1 is 1.31 bits per heavy atom. The van der Waals surface area contributed by atoms with Crippen molar-refractivity contribution >= 4 is 23.5 Å². The minimum Gasteiger partial charge on any atom is -0.493 e. The predicted octanol–water partition coefficient (Wildman–Crippen LogP) is 3.88. The number of rotatable bonds is 9. The van der Waals surface area contributed by atoms with Gasteiger partial charge in [-0.2, -0.15) is 5.26 Å². The maximum Gasteiger partial charge on any atom is 0.338 e. The van der Waals surface area contributed by atoms with E-state index in [2.05, 4.69) is 25.2 Å². The summed E-state index contributed by atoms with van der Waals surface area (Å²) in [6.45, 7) is 4.17. The molecule has 7 nitrogen and oxygen atoms in total. The molecule has 0 atom stereocenters. The summed E-state index contributed by atoms with van der Waals surface area (Å²) >= 11 is 6.26. The van der Waals surface area contributed by atoms with E-state index in [1.54, 1.807) is 0 Å². The fraction of sp³-hybridized carbons (Fsp3) is 0.571. The van der Waals surface area contributed by atoms with Crippen molar-refractivity contribution in [1.29, 1.82) is 5.26 Å². The third-order valence-electron chi connectivity index (χ3n) is 4.79. The maximum atomic E-state index is 12.3. The number of esters is 1. The van der Waals surface area contributed by atoms with Crippen LogP contribution in [0.25, 0.3) is 0 Å². The molecule has 0 spiro atoms. The molecule has 8 heteroatoms. The van der Waals surface area contributed by atoms with Gasteiger partial charge in [-0.05, 0) is 50.2 Å². The molecule has 0 heterocycles. The van der Waals surface area contributed by atoms with Gasteiger partial charge in [-0.3, -0.25) is 4.79 Å². The number of hydrogen-bond donors (Lipinski definition) is 1. The molecule has 2 rings (SSSR count). The lowest BCUT2D eigenvalue weighted by atomic mass is 10.00. The molecule has 0 bridgehead atoms. The van der Waals surface area contributed by atoms with Crippen molar-refractivity contribution in [2.45, 2.75) is 51.5 Å². The van der Waals surface area contributed by atoms with Crippen LogP contribution in [0.3, 0.4) is 0 Å². The normalized spacial score (nSPS) is 14.9. The van der Waals surface area contributed by atoms with Gasteiger partial charge in [-0.25, -0.2) is 4.79 Å². The summed E-state index contributed by atoms with van der Waals surface area (Å²) < 4.78 is 16.1. The minimum atomic E-state index is -0.856. The molecule has 1 saturated carbocycles. The number of nitriles is 1. The van der Waals surface area contributed by atoms with Gasteiger partial charge in [0.1, 0.15) is 5.54 Å². The van der Waals surface area contributed by atoms with Gasteiger partial charge in [0.05, 0.1) is 30.4 Å². The Morgan fingerprint density at radius 2 is 2.00 bits per heavy atom. The van der Waals surface area contributed by atoms with E-state index in [1.165, 1.54) is 19.2 Å². The molecule has 1 N–H and O–H groups in total. The fourth-order valence-electron chi connectivity index (χ4n) is 3.14. The Bertz CT molecular complexity index is 782. The number of nitrogens with one attached hydrogen (secondary N) is 1. The van der Waals surface area contributed by atoms with Crippen molar-refractivity contribution in [2.75, 3.05) is 20.3 Å². The largest absolute Gasteiger partial charge is 0.493 e. The molecular formula is C21H27ClN2O5. The number of methoxy groups -OCH3 is 1. The van der Waals surface area contributed by atoms with E-state index in [-0.39, 0.29) is 10.6 Å². The van der Waals surface area contributed by atoms with Gasteiger partial charge in [0.25, 0.3) is 5.91 Å². The zero-order valence-corrected chi connectivity index (χ0v) is 17.8. The van der Waals surface area contributed by atoms with E-state index in [1.807, 2.05) is 0 Å². The van der Waals surface area contributed by atoms with Crippen LogP contribution in [0.1, 0.15) is 56.3 Å².